The number of hydrogen-bond donors (Lipinski definition) is 0. The van der Waals surface area contributed by atoms with Crippen molar-refractivity contribution in [2.45, 2.75) is 168 Å². The number of unbranched alkanes of at least 4 members (excludes halogenated alkanes) is 20. The summed E-state index contributed by atoms with van der Waals surface area (Å²) < 4.78 is 34.3. The summed E-state index contributed by atoms with van der Waals surface area (Å²) in [7, 11) is 1.37. The highest BCUT2D eigenvalue weighted by Gasteiger charge is 2.20. The summed E-state index contributed by atoms with van der Waals surface area (Å²) >= 11 is 0. The summed E-state index contributed by atoms with van der Waals surface area (Å²) in [4.78, 5) is 24.8. The van der Waals surface area contributed by atoms with E-state index in [1.807, 2.05) is 21.1 Å². The zero-order chi connectivity index (χ0) is 32.8. The van der Waals surface area contributed by atoms with Gasteiger partial charge in [0.1, 0.15) is 19.3 Å². The second kappa shape index (κ2) is 29.9. The number of phosphoric ester groups is 1. The molecule has 0 aliphatic carbocycles. The highest BCUT2D eigenvalue weighted by Crippen LogP contribution is 2.38. The number of rotatable bonds is 34. The lowest BCUT2D eigenvalue weighted by Gasteiger charge is -2.28. The van der Waals surface area contributed by atoms with E-state index in [4.69, 9.17) is 18.5 Å². The summed E-state index contributed by atoms with van der Waals surface area (Å²) in [5.41, 5.74) is 0. The van der Waals surface area contributed by atoms with E-state index in [0.717, 1.165) is 32.1 Å². The van der Waals surface area contributed by atoms with Crippen LogP contribution in [0.15, 0.2) is 0 Å². The van der Waals surface area contributed by atoms with Gasteiger partial charge in [0.15, 0.2) is 0 Å². The lowest BCUT2D eigenvalue weighted by atomic mass is 10.1. The maximum absolute atomic E-state index is 12.5. The van der Waals surface area contributed by atoms with E-state index in [-0.39, 0.29) is 25.8 Å². The smallest absolute Gasteiger partial charge is 0.306 e. The number of carbonyl (C=O) groups excluding carboxylic acids is 1. The number of nitrogens with zero attached hydrogens (tertiary/aromatic N) is 1. The van der Waals surface area contributed by atoms with Gasteiger partial charge in [0.25, 0.3) is 7.82 Å². The van der Waals surface area contributed by atoms with E-state index >= 15 is 0 Å². The van der Waals surface area contributed by atoms with Crippen LogP contribution in [0.25, 0.3) is 0 Å². The molecular formula is C35H72NO7P. The Hall–Kier alpha value is -0.500. The Balaban J connectivity index is 4.30. The Morgan fingerprint density at radius 1 is 0.614 bits per heavy atom. The number of likely N-dealkylation sites (N-methyl/N-ethyl adjacent to an activating group) is 1. The minimum Gasteiger partial charge on any atom is -0.756 e. The number of ether oxygens (including phenoxy) is 2. The molecule has 0 fully saturated rings. The molecule has 9 heteroatoms. The van der Waals surface area contributed by atoms with Crippen LogP contribution in [-0.4, -0.2) is 70.7 Å². The molecule has 0 saturated carbocycles. The van der Waals surface area contributed by atoms with Gasteiger partial charge in [-0.1, -0.05) is 142 Å². The second-order valence-electron chi connectivity index (χ2n) is 13.6. The van der Waals surface area contributed by atoms with Gasteiger partial charge in [0.2, 0.25) is 0 Å². The van der Waals surface area contributed by atoms with Crippen molar-refractivity contribution in [3.05, 3.63) is 0 Å². The van der Waals surface area contributed by atoms with Crippen LogP contribution < -0.4 is 4.89 Å². The Bertz CT molecular complexity index is 686. The lowest BCUT2D eigenvalue weighted by molar-refractivity contribution is -0.870. The zero-order valence-electron chi connectivity index (χ0n) is 29.6. The topological polar surface area (TPSA) is 94.1 Å². The fourth-order valence-corrected chi connectivity index (χ4v) is 5.74. The summed E-state index contributed by atoms with van der Waals surface area (Å²) in [6.07, 6.45) is 26.7. The fraction of sp³-hybridized carbons (Fsp3) is 0.971. The molecule has 44 heavy (non-hydrogen) atoms. The van der Waals surface area contributed by atoms with Gasteiger partial charge < -0.3 is 27.9 Å². The molecule has 0 bridgehead atoms. The summed E-state index contributed by atoms with van der Waals surface area (Å²) in [6, 6.07) is 0. The molecule has 0 radical (unpaired) electrons. The third kappa shape index (κ3) is 32.9. The van der Waals surface area contributed by atoms with Gasteiger partial charge in [-0.15, -0.1) is 0 Å². The van der Waals surface area contributed by atoms with Gasteiger partial charge >= 0.3 is 5.97 Å². The third-order valence-corrected chi connectivity index (χ3v) is 8.87. The molecule has 2 atom stereocenters. The SMILES string of the molecule is CCCCCCCCCCCCCCOCC(COP(=O)([O-])OCC[N+](C)(C)C)OC(=O)CCCCCCCCCCCC. The van der Waals surface area contributed by atoms with Gasteiger partial charge in [-0.05, 0) is 12.8 Å². The van der Waals surface area contributed by atoms with Crippen LogP contribution in [-0.2, 0) is 27.9 Å². The predicted molar refractivity (Wildman–Crippen MR) is 181 cm³/mol. The molecule has 0 aromatic rings. The first-order valence-corrected chi connectivity index (χ1v) is 19.7. The summed E-state index contributed by atoms with van der Waals surface area (Å²) in [5.74, 6) is -0.334. The average Bonchev–Trinajstić information content (AvgIpc) is 2.96. The predicted octanol–water partition coefficient (Wildman–Crippen LogP) is 9.13. The number of quaternary nitrogens is 1. The van der Waals surface area contributed by atoms with Crippen LogP contribution >= 0.6 is 7.82 Å². The summed E-state index contributed by atoms with van der Waals surface area (Å²) in [6.45, 7) is 5.41. The van der Waals surface area contributed by atoms with Gasteiger partial charge in [-0.25, -0.2) is 0 Å². The summed E-state index contributed by atoms with van der Waals surface area (Å²) in [5, 5.41) is 0. The van der Waals surface area contributed by atoms with Crippen molar-refractivity contribution in [3.8, 4) is 0 Å². The first kappa shape index (κ1) is 43.5. The lowest BCUT2D eigenvalue weighted by Crippen LogP contribution is -2.37. The van der Waals surface area contributed by atoms with E-state index in [2.05, 4.69) is 13.8 Å². The van der Waals surface area contributed by atoms with Gasteiger partial charge in [-0.2, -0.15) is 0 Å². The highest BCUT2D eigenvalue weighted by molar-refractivity contribution is 7.45. The second-order valence-corrected chi connectivity index (χ2v) is 15.0. The van der Waals surface area contributed by atoms with Crippen LogP contribution in [0.5, 0.6) is 0 Å². The van der Waals surface area contributed by atoms with E-state index < -0.39 is 13.9 Å². The molecule has 0 aromatic heterocycles. The molecule has 0 aliphatic heterocycles. The van der Waals surface area contributed by atoms with E-state index in [0.29, 0.717) is 24.1 Å². The molecule has 0 spiro atoms. The molecule has 8 nitrogen and oxygen atoms in total. The molecule has 0 aliphatic rings. The standard InChI is InChI=1S/C35H72NO7P/c1-6-8-10-12-14-16-18-19-21-23-25-27-30-40-32-34(33-42-44(38,39)41-31-29-36(3,4)5)43-35(37)28-26-24-22-20-17-15-13-11-9-7-2/h34H,6-33H2,1-5H3. The zero-order valence-corrected chi connectivity index (χ0v) is 30.5. The first-order chi connectivity index (χ1) is 21.1. The maximum Gasteiger partial charge on any atom is 0.306 e. The highest BCUT2D eigenvalue weighted by atomic mass is 31.2. The van der Waals surface area contributed by atoms with Crippen molar-refractivity contribution in [2.75, 3.05) is 54.1 Å². The average molecular weight is 650 g/mol. The van der Waals surface area contributed by atoms with Crippen LogP contribution in [0, 0.1) is 0 Å². The van der Waals surface area contributed by atoms with Gasteiger partial charge in [0, 0.05) is 13.0 Å². The van der Waals surface area contributed by atoms with Crippen molar-refractivity contribution in [3.63, 3.8) is 0 Å². The Kier molecular flexibility index (Phi) is 29.5. The molecule has 0 rings (SSSR count). The van der Waals surface area contributed by atoms with E-state index in [1.165, 1.54) is 109 Å². The maximum atomic E-state index is 12.5. The minimum atomic E-state index is -4.50. The number of phosphoric acid groups is 1. The van der Waals surface area contributed by atoms with Crippen LogP contribution in [0.3, 0.4) is 0 Å². The largest absolute Gasteiger partial charge is 0.756 e. The monoisotopic (exact) mass is 650 g/mol. The first-order valence-electron chi connectivity index (χ1n) is 18.3. The van der Waals surface area contributed by atoms with Gasteiger partial charge in [-0.3, -0.25) is 9.36 Å². The number of hydrogen-bond acceptors (Lipinski definition) is 7. The van der Waals surface area contributed by atoms with Crippen LogP contribution in [0.2, 0.25) is 0 Å². The number of carbonyl (C=O) groups is 1. The van der Waals surface area contributed by atoms with Crippen molar-refractivity contribution < 1.29 is 37.3 Å². The Morgan fingerprint density at radius 2 is 1.05 bits per heavy atom. The molecule has 2 unspecified atom stereocenters. The molecule has 0 N–H and O–H groups in total. The van der Waals surface area contributed by atoms with E-state index in [9.17, 15) is 14.3 Å². The molecule has 0 amide bonds. The molecule has 264 valence electrons. The molecule has 0 heterocycles. The van der Waals surface area contributed by atoms with Crippen molar-refractivity contribution in [1.82, 2.24) is 0 Å². The van der Waals surface area contributed by atoms with Crippen molar-refractivity contribution in [1.29, 1.82) is 0 Å². The Labute approximate surface area is 272 Å². The van der Waals surface area contributed by atoms with Crippen molar-refractivity contribution in [2.24, 2.45) is 0 Å². The fourth-order valence-electron chi connectivity index (χ4n) is 5.02. The van der Waals surface area contributed by atoms with E-state index in [1.54, 1.807) is 0 Å². The van der Waals surface area contributed by atoms with Crippen molar-refractivity contribution >= 4 is 13.8 Å². The normalized spacial score (nSPS) is 14.0. The van der Waals surface area contributed by atoms with Crippen LogP contribution in [0.1, 0.15) is 162 Å². The molecular weight excluding hydrogens is 577 g/mol. The molecule has 0 aromatic carbocycles. The quantitative estimate of drug-likeness (QED) is 0.0297. The minimum absolute atomic E-state index is 0.0307. The molecule has 0 saturated heterocycles. The van der Waals surface area contributed by atoms with Crippen LogP contribution in [0.4, 0.5) is 0 Å². The third-order valence-electron chi connectivity index (χ3n) is 7.91. The Morgan fingerprint density at radius 3 is 1.50 bits per heavy atom. The number of esters is 1. The van der Waals surface area contributed by atoms with Gasteiger partial charge in [0.05, 0.1) is 34.4 Å².